The molecule has 0 amide bonds. The fraction of sp³-hybridized carbons (Fsp3) is 0.286. The molecule has 1 aromatic rings. The van der Waals surface area contributed by atoms with Gasteiger partial charge in [0.25, 0.3) is 5.79 Å². The maximum atomic E-state index is 13.5. The van der Waals surface area contributed by atoms with Crippen LogP contribution in [0.4, 0.5) is 22.0 Å². The summed E-state index contributed by atoms with van der Waals surface area (Å²) in [6, 6.07) is 0.693. The van der Waals surface area contributed by atoms with Gasteiger partial charge in [-0.2, -0.15) is 13.2 Å². The Balaban J connectivity index is 2.45. The van der Waals surface area contributed by atoms with Gasteiger partial charge in [-0.3, -0.25) is 0 Å². The van der Waals surface area contributed by atoms with E-state index in [2.05, 4.69) is 0 Å². The van der Waals surface area contributed by atoms with Crippen molar-refractivity contribution >= 4 is 18.0 Å². The van der Waals surface area contributed by atoms with E-state index in [1.165, 1.54) is 13.8 Å². The summed E-state index contributed by atoms with van der Waals surface area (Å²) in [6.45, 7) is 2.58. The van der Waals surface area contributed by atoms with Crippen molar-refractivity contribution < 1.29 is 41.0 Å². The quantitative estimate of drug-likeness (QED) is 0.342. The van der Waals surface area contributed by atoms with Crippen LogP contribution in [0, 0.1) is 11.6 Å². The average molecular weight is 336 g/mol. The Morgan fingerprint density at radius 1 is 1.00 bits per heavy atom. The highest BCUT2D eigenvalue weighted by atomic mass is 19.4. The molecule has 0 atom stereocenters. The maximum Gasteiger partial charge on any atom is 0.422 e. The second-order valence-corrected chi connectivity index (χ2v) is 5.09. The van der Waals surface area contributed by atoms with Crippen LogP contribution >= 0.6 is 0 Å². The summed E-state index contributed by atoms with van der Waals surface area (Å²) in [5, 5.41) is 0. The van der Waals surface area contributed by atoms with E-state index >= 15 is 0 Å². The molecule has 23 heavy (non-hydrogen) atoms. The lowest BCUT2D eigenvalue weighted by atomic mass is 10.1. The second-order valence-electron chi connectivity index (χ2n) is 5.09. The standard InChI is InChI=1S/C14H9F5O4/c1-13(2)22-11(20)7(12(21)23-13)3-6-4-8(15)10(9(16)5-6)14(17,18)19/h3-5H,1-2H3. The number of hydrogen-bond acceptors (Lipinski definition) is 4. The van der Waals surface area contributed by atoms with Crippen LogP contribution in [0.1, 0.15) is 25.0 Å². The number of alkyl halides is 3. The second kappa shape index (κ2) is 5.32. The predicted octanol–water partition coefficient (Wildman–Crippen LogP) is 3.20. The van der Waals surface area contributed by atoms with Crippen molar-refractivity contribution in [3.05, 3.63) is 40.5 Å². The summed E-state index contributed by atoms with van der Waals surface area (Å²) in [6.07, 6.45) is -4.53. The molecule has 0 radical (unpaired) electrons. The van der Waals surface area contributed by atoms with Crippen LogP contribution in [0.25, 0.3) is 6.08 Å². The zero-order valence-electron chi connectivity index (χ0n) is 11.8. The van der Waals surface area contributed by atoms with E-state index in [0.29, 0.717) is 18.2 Å². The van der Waals surface area contributed by atoms with E-state index in [9.17, 15) is 31.5 Å². The molecule has 124 valence electrons. The van der Waals surface area contributed by atoms with Gasteiger partial charge in [0.1, 0.15) is 22.8 Å². The Bertz CT molecular complexity index is 673. The highest BCUT2D eigenvalue weighted by Gasteiger charge is 2.40. The number of carbonyl (C=O) groups excluding carboxylic acids is 2. The van der Waals surface area contributed by atoms with Crippen molar-refractivity contribution in [3.63, 3.8) is 0 Å². The average Bonchev–Trinajstić information content (AvgIpc) is 2.29. The molecule has 0 aliphatic carbocycles. The molecule has 0 bridgehead atoms. The van der Waals surface area contributed by atoms with E-state index in [1.807, 2.05) is 0 Å². The third-order valence-corrected chi connectivity index (χ3v) is 2.78. The third-order valence-electron chi connectivity index (χ3n) is 2.78. The van der Waals surface area contributed by atoms with Gasteiger partial charge in [0.15, 0.2) is 0 Å². The fourth-order valence-electron chi connectivity index (χ4n) is 1.89. The van der Waals surface area contributed by atoms with Crippen molar-refractivity contribution in [1.29, 1.82) is 0 Å². The van der Waals surface area contributed by atoms with Gasteiger partial charge in [-0.25, -0.2) is 18.4 Å². The summed E-state index contributed by atoms with van der Waals surface area (Å²) in [4.78, 5) is 23.3. The van der Waals surface area contributed by atoms with Crippen LogP contribution in [-0.4, -0.2) is 17.7 Å². The number of cyclic esters (lactones) is 2. The molecule has 1 fully saturated rings. The topological polar surface area (TPSA) is 52.6 Å². The number of hydrogen-bond donors (Lipinski definition) is 0. The molecule has 4 nitrogen and oxygen atoms in total. The highest BCUT2D eigenvalue weighted by Crippen LogP contribution is 2.34. The number of carbonyl (C=O) groups is 2. The number of benzene rings is 1. The lowest BCUT2D eigenvalue weighted by Crippen LogP contribution is -2.41. The van der Waals surface area contributed by atoms with Gasteiger partial charge >= 0.3 is 18.1 Å². The number of halogens is 5. The molecule has 0 N–H and O–H groups in total. The minimum Gasteiger partial charge on any atom is -0.419 e. The first-order valence-electron chi connectivity index (χ1n) is 6.15. The molecular weight excluding hydrogens is 327 g/mol. The molecule has 0 aromatic heterocycles. The predicted molar refractivity (Wildman–Crippen MR) is 65.6 cm³/mol. The first-order chi connectivity index (χ1) is 10.4. The molecule has 1 aliphatic rings. The largest absolute Gasteiger partial charge is 0.422 e. The van der Waals surface area contributed by atoms with Gasteiger partial charge in [-0.15, -0.1) is 0 Å². The summed E-state index contributed by atoms with van der Waals surface area (Å²) in [7, 11) is 0. The summed E-state index contributed by atoms with van der Waals surface area (Å²) in [5.41, 5.74) is -3.21. The van der Waals surface area contributed by atoms with Crippen LogP contribution in [0.3, 0.4) is 0 Å². The first-order valence-corrected chi connectivity index (χ1v) is 6.15. The molecule has 1 aliphatic heterocycles. The van der Waals surface area contributed by atoms with Crippen molar-refractivity contribution in [2.45, 2.75) is 25.8 Å². The molecular formula is C14H9F5O4. The van der Waals surface area contributed by atoms with Gasteiger partial charge in [-0.1, -0.05) is 0 Å². The van der Waals surface area contributed by atoms with Gasteiger partial charge in [0.05, 0.1) is 0 Å². The molecule has 1 heterocycles. The van der Waals surface area contributed by atoms with Gasteiger partial charge in [-0.05, 0) is 23.8 Å². The van der Waals surface area contributed by atoms with Gasteiger partial charge in [0.2, 0.25) is 0 Å². The van der Waals surface area contributed by atoms with Crippen LogP contribution < -0.4 is 0 Å². The minimum absolute atomic E-state index is 0.346. The molecule has 1 aromatic carbocycles. The third kappa shape index (κ3) is 3.49. The number of esters is 2. The summed E-state index contributed by atoms with van der Waals surface area (Å²) in [5.74, 6) is -7.49. The zero-order chi connectivity index (χ0) is 17.6. The molecule has 0 spiro atoms. The highest BCUT2D eigenvalue weighted by molar-refractivity contribution is 6.18. The number of rotatable bonds is 1. The van der Waals surface area contributed by atoms with Gasteiger partial charge in [0, 0.05) is 13.8 Å². The molecule has 0 unspecified atom stereocenters. The van der Waals surface area contributed by atoms with E-state index in [1.54, 1.807) is 0 Å². The molecule has 0 saturated carbocycles. The van der Waals surface area contributed by atoms with Crippen molar-refractivity contribution in [3.8, 4) is 0 Å². The Labute approximate surface area is 126 Å². The normalized spacial score (nSPS) is 17.6. The molecule has 9 heteroatoms. The Hall–Kier alpha value is -2.45. The van der Waals surface area contributed by atoms with E-state index in [4.69, 9.17) is 9.47 Å². The van der Waals surface area contributed by atoms with Crippen molar-refractivity contribution in [2.75, 3.05) is 0 Å². The smallest absolute Gasteiger partial charge is 0.419 e. The van der Waals surface area contributed by atoms with Crippen molar-refractivity contribution in [1.82, 2.24) is 0 Å². The van der Waals surface area contributed by atoms with E-state index < -0.39 is 52.2 Å². The minimum atomic E-state index is -5.22. The van der Waals surface area contributed by atoms with Crippen LogP contribution in [0.15, 0.2) is 17.7 Å². The van der Waals surface area contributed by atoms with E-state index in [-0.39, 0.29) is 0 Å². The SMILES string of the molecule is CC1(C)OC(=O)C(=Cc2cc(F)c(C(F)(F)F)c(F)c2)C(=O)O1. The molecule has 1 saturated heterocycles. The fourth-order valence-corrected chi connectivity index (χ4v) is 1.89. The lowest BCUT2D eigenvalue weighted by Gasteiger charge is -2.29. The van der Waals surface area contributed by atoms with Crippen LogP contribution in [0.2, 0.25) is 0 Å². The van der Waals surface area contributed by atoms with E-state index in [0.717, 1.165) is 0 Å². The number of ether oxygens (including phenoxy) is 2. The maximum absolute atomic E-state index is 13.5. The summed E-state index contributed by atoms with van der Waals surface area (Å²) < 4.78 is 73.8. The Morgan fingerprint density at radius 2 is 1.43 bits per heavy atom. The van der Waals surface area contributed by atoms with Crippen LogP contribution in [-0.2, 0) is 25.2 Å². The van der Waals surface area contributed by atoms with Crippen molar-refractivity contribution in [2.24, 2.45) is 0 Å². The Kier molecular flexibility index (Phi) is 3.91. The molecule has 2 rings (SSSR count). The lowest BCUT2D eigenvalue weighted by molar-refractivity contribution is -0.222. The van der Waals surface area contributed by atoms with Gasteiger partial charge < -0.3 is 9.47 Å². The first kappa shape index (κ1) is 16.9. The monoisotopic (exact) mass is 336 g/mol. The summed E-state index contributed by atoms with van der Waals surface area (Å²) >= 11 is 0. The zero-order valence-corrected chi connectivity index (χ0v) is 11.8. The Morgan fingerprint density at radius 3 is 1.83 bits per heavy atom. The van der Waals surface area contributed by atoms with Crippen LogP contribution in [0.5, 0.6) is 0 Å².